The van der Waals surface area contributed by atoms with Gasteiger partial charge in [-0.15, -0.1) is 0 Å². The molecular weight excluding hydrogens is 671 g/mol. The van der Waals surface area contributed by atoms with E-state index < -0.39 is 11.9 Å². The Bertz CT molecular complexity index is 2070. The fourth-order valence-corrected chi connectivity index (χ4v) is 5.84. The number of aromatic carboxylic acids is 1. The number of carboxylic acids is 1. The van der Waals surface area contributed by atoms with Gasteiger partial charge in [0.25, 0.3) is 0 Å². The smallest absolute Gasteiger partial charge is 0.339 e. The van der Waals surface area contributed by atoms with Crippen LogP contribution in [0.15, 0.2) is 146 Å². The molecular formula is C45H42F2N2O4. The second-order valence-electron chi connectivity index (χ2n) is 12.5. The van der Waals surface area contributed by atoms with E-state index in [1.54, 1.807) is 36.4 Å². The summed E-state index contributed by atoms with van der Waals surface area (Å²) in [4.78, 5) is 23.5. The van der Waals surface area contributed by atoms with Crippen molar-refractivity contribution >= 4 is 34.7 Å². The second kappa shape index (κ2) is 19.4. The molecule has 0 unspecified atom stereocenters. The van der Waals surface area contributed by atoms with E-state index in [2.05, 4.69) is 34.9 Å². The first kappa shape index (κ1) is 38.0. The average Bonchev–Trinajstić information content (AvgIpc) is 3.17. The predicted molar refractivity (Wildman–Crippen MR) is 207 cm³/mol. The molecule has 0 spiro atoms. The summed E-state index contributed by atoms with van der Waals surface area (Å²) in [6, 6.07) is 43.5. The Labute approximate surface area is 309 Å². The highest BCUT2D eigenvalue weighted by molar-refractivity contribution is 5.97. The molecule has 0 heterocycles. The standard InChI is InChI=1S/C23H22FNO2.C22H20FNO2/c1-27-23(26)21-15-10-18(9-5-8-17-6-3-2-4-7-17)16-22(21)25-20-13-11-19(24)12-14-20;23-18-10-12-19(13-11-18)24-21-15-17(9-14-20(21)22(25)26)8-4-7-16-5-2-1-3-6-16/h2-4,6-7,10-16,25H,5,8-9H2,1H3;1-3,5-6,9-15,24H,4,7-8H2,(H,25,26). The zero-order valence-corrected chi connectivity index (χ0v) is 29.5. The van der Waals surface area contributed by atoms with Gasteiger partial charge in [0, 0.05) is 11.4 Å². The normalized spacial score (nSPS) is 10.5. The summed E-state index contributed by atoms with van der Waals surface area (Å²) >= 11 is 0. The van der Waals surface area contributed by atoms with Crippen LogP contribution in [0.3, 0.4) is 0 Å². The second-order valence-corrected chi connectivity index (χ2v) is 12.5. The number of benzene rings is 6. The van der Waals surface area contributed by atoms with Gasteiger partial charge in [0.1, 0.15) is 11.6 Å². The van der Waals surface area contributed by atoms with Gasteiger partial charge in [-0.05, 0) is 134 Å². The molecule has 0 saturated carbocycles. The Hall–Kier alpha value is -6.28. The number of esters is 1. The number of carbonyl (C=O) groups excluding carboxylic acids is 1. The van der Waals surface area contributed by atoms with Gasteiger partial charge in [-0.25, -0.2) is 18.4 Å². The Morgan fingerprint density at radius 2 is 0.925 bits per heavy atom. The molecule has 6 aromatic rings. The van der Waals surface area contributed by atoms with E-state index in [0.717, 1.165) is 49.7 Å². The van der Waals surface area contributed by atoms with E-state index in [1.807, 2.05) is 60.7 Å². The molecule has 6 aromatic carbocycles. The maximum atomic E-state index is 13.1. The lowest BCUT2D eigenvalue weighted by molar-refractivity contribution is 0.0601. The zero-order valence-electron chi connectivity index (χ0n) is 29.5. The van der Waals surface area contributed by atoms with Crippen LogP contribution in [0.2, 0.25) is 0 Å². The molecule has 0 atom stereocenters. The van der Waals surface area contributed by atoms with Gasteiger partial charge in [0.2, 0.25) is 0 Å². The highest BCUT2D eigenvalue weighted by Crippen LogP contribution is 2.26. The molecule has 6 rings (SSSR count). The highest BCUT2D eigenvalue weighted by Gasteiger charge is 2.14. The van der Waals surface area contributed by atoms with Crippen molar-refractivity contribution in [2.45, 2.75) is 38.5 Å². The summed E-state index contributed by atoms with van der Waals surface area (Å²) in [5, 5.41) is 15.7. The molecule has 0 aliphatic heterocycles. The lowest BCUT2D eigenvalue weighted by Gasteiger charge is -2.13. The van der Waals surface area contributed by atoms with Crippen molar-refractivity contribution in [3.05, 3.63) is 191 Å². The Morgan fingerprint density at radius 1 is 0.528 bits per heavy atom. The van der Waals surface area contributed by atoms with E-state index in [-0.39, 0.29) is 17.2 Å². The average molecular weight is 713 g/mol. The first-order valence-electron chi connectivity index (χ1n) is 17.5. The van der Waals surface area contributed by atoms with Crippen LogP contribution in [0.1, 0.15) is 55.8 Å². The molecule has 8 heteroatoms. The third-order valence-electron chi connectivity index (χ3n) is 8.60. The van der Waals surface area contributed by atoms with E-state index in [9.17, 15) is 23.5 Å². The summed E-state index contributed by atoms with van der Waals surface area (Å²) in [7, 11) is 1.36. The number of carbonyl (C=O) groups is 2. The van der Waals surface area contributed by atoms with Crippen LogP contribution in [0.5, 0.6) is 0 Å². The lowest BCUT2D eigenvalue weighted by Crippen LogP contribution is -2.06. The zero-order chi connectivity index (χ0) is 37.4. The van der Waals surface area contributed by atoms with Crippen molar-refractivity contribution in [2.75, 3.05) is 17.7 Å². The van der Waals surface area contributed by atoms with Crippen LogP contribution in [-0.2, 0) is 30.4 Å². The molecule has 270 valence electrons. The molecule has 0 aliphatic rings. The molecule has 0 saturated heterocycles. The van der Waals surface area contributed by atoms with Gasteiger partial charge in [-0.1, -0.05) is 72.8 Å². The molecule has 53 heavy (non-hydrogen) atoms. The van der Waals surface area contributed by atoms with E-state index in [1.165, 1.54) is 42.5 Å². The molecule has 0 aromatic heterocycles. The van der Waals surface area contributed by atoms with E-state index >= 15 is 0 Å². The van der Waals surface area contributed by atoms with Crippen LogP contribution in [0.25, 0.3) is 0 Å². The number of halogens is 2. The first-order chi connectivity index (χ1) is 25.8. The minimum absolute atomic E-state index is 0.195. The minimum Gasteiger partial charge on any atom is -0.478 e. The lowest BCUT2D eigenvalue weighted by atomic mass is 10.0. The number of hydrogen-bond acceptors (Lipinski definition) is 5. The number of nitrogens with one attached hydrogen (secondary N) is 2. The molecule has 0 radical (unpaired) electrons. The number of methoxy groups -OCH3 is 1. The monoisotopic (exact) mass is 712 g/mol. The molecule has 3 N–H and O–H groups in total. The summed E-state index contributed by atoms with van der Waals surface area (Å²) in [5.41, 5.74) is 7.98. The third kappa shape index (κ3) is 11.9. The molecule has 0 bridgehead atoms. The number of ether oxygens (including phenoxy) is 1. The first-order valence-corrected chi connectivity index (χ1v) is 17.5. The van der Waals surface area contributed by atoms with Crippen LogP contribution >= 0.6 is 0 Å². The quantitative estimate of drug-likeness (QED) is 0.0975. The predicted octanol–water partition coefficient (Wildman–Crippen LogP) is 11.0. The maximum absolute atomic E-state index is 13.1. The summed E-state index contributed by atoms with van der Waals surface area (Å²) in [5.74, 6) is -2.03. The molecule has 0 aliphatic carbocycles. The highest BCUT2D eigenvalue weighted by atomic mass is 19.1. The SMILES string of the molecule is COC(=O)c1ccc(CCCc2ccccc2)cc1Nc1ccc(F)cc1.O=C(O)c1ccc(CCCc2ccccc2)cc1Nc1ccc(F)cc1. The number of hydrogen-bond donors (Lipinski definition) is 3. The third-order valence-corrected chi connectivity index (χ3v) is 8.60. The van der Waals surface area contributed by atoms with Crippen molar-refractivity contribution in [1.29, 1.82) is 0 Å². The molecule has 0 fully saturated rings. The number of carboxylic acid groups (broad SMARTS) is 1. The molecule has 0 amide bonds. The van der Waals surface area contributed by atoms with Gasteiger partial charge < -0.3 is 20.5 Å². The fraction of sp³-hybridized carbons (Fsp3) is 0.156. The maximum Gasteiger partial charge on any atom is 0.339 e. The van der Waals surface area contributed by atoms with Gasteiger partial charge in [0.05, 0.1) is 29.6 Å². The van der Waals surface area contributed by atoms with Gasteiger partial charge in [-0.2, -0.15) is 0 Å². The Morgan fingerprint density at radius 3 is 1.34 bits per heavy atom. The largest absolute Gasteiger partial charge is 0.478 e. The fourth-order valence-electron chi connectivity index (χ4n) is 5.84. The van der Waals surface area contributed by atoms with Crippen LogP contribution in [0, 0.1) is 11.6 Å². The number of anilines is 4. The van der Waals surface area contributed by atoms with Crippen molar-refractivity contribution in [3.63, 3.8) is 0 Å². The topological polar surface area (TPSA) is 87.7 Å². The van der Waals surface area contributed by atoms with Crippen molar-refractivity contribution in [3.8, 4) is 0 Å². The van der Waals surface area contributed by atoms with Crippen LogP contribution < -0.4 is 10.6 Å². The summed E-state index contributed by atoms with van der Waals surface area (Å²) in [6.07, 6.45) is 5.72. The molecule has 6 nitrogen and oxygen atoms in total. The minimum atomic E-state index is -0.995. The Kier molecular flexibility index (Phi) is 13.9. The van der Waals surface area contributed by atoms with Crippen LogP contribution in [-0.4, -0.2) is 24.2 Å². The van der Waals surface area contributed by atoms with Gasteiger partial charge in [0.15, 0.2) is 0 Å². The number of aryl methyl sites for hydroxylation is 4. The van der Waals surface area contributed by atoms with Crippen LogP contribution in [0.4, 0.5) is 31.5 Å². The van der Waals surface area contributed by atoms with Crippen molar-refractivity contribution in [1.82, 2.24) is 0 Å². The summed E-state index contributed by atoms with van der Waals surface area (Å²) in [6.45, 7) is 0. The van der Waals surface area contributed by atoms with E-state index in [0.29, 0.717) is 28.3 Å². The van der Waals surface area contributed by atoms with Crippen molar-refractivity contribution in [2.24, 2.45) is 0 Å². The Balaban J connectivity index is 0.000000204. The summed E-state index contributed by atoms with van der Waals surface area (Å²) < 4.78 is 31.1. The van der Waals surface area contributed by atoms with Gasteiger partial charge in [-0.3, -0.25) is 0 Å². The van der Waals surface area contributed by atoms with Gasteiger partial charge >= 0.3 is 11.9 Å². The van der Waals surface area contributed by atoms with E-state index in [4.69, 9.17) is 4.74 Å². The van der Waals surface area contributed by atoms with Crippen molar-refractivity contribution < 1.29 is 28.2 Å². The number of rotatable bonds is 14.